The van der Waals surface area contributed by atoms with Gasteiger partial charge in [-0.1, -0.05) is 12.1 Å². The van der Waals surface area contributed by atoms with Crippen molar-refractivity contribution in [2.45, 2.75) is 37.1 Å². The number of hydrogen-bond donors (Lipinski definition) is 3. The van der Waals surface area contributed by atoms with Crippen LogP contribution in [-0.4, -0.2) is 43.5 Å². The molecule has 0 aliphatic heterocycles. The molecule has 3 N–H and O–H groups in total. The maximum atomic E-state index is 11.5. The third-order valence-electron chi connectivity index (χ3n) is 4.19. The van der Waals surface area contributed by atoms with Gasteiger partial charge in [0.15, 0.2) is 5.96 Å². The number of rotatable bonds is 5. The average Bonchev–Trinajstić information content (AvgIpc) is 3.06. The highest BCUT2D eigenvalue weighted by Crippen LogP contribution is 2.27. The Morgan fingerprint density at radius 1 is 1.29 bits per heavy atom. The van der Waals surface area contributed by atoms with Gasteiger partial charge < -0.3 is 16.0 Å². The fourth-order valence-corrected chi connectivity index (χ4v) is 3.57. The molecule has 24 heavy (non-hydrogen) atoms. The van der Waals surface area contributed by atoms with Crippen molar-refractivity contribution in [3.05, 3.63) is 35.4 Å². The van der Waals surface area contributed by atoms with Crippen molar-refractivity contribution in [3.63, 3.8) is 0 Å². The van der Waals surface area contributed by atoms with Gasteiger partial charge in [0.05, 0.1) is 0 Å². The third-order valence-corrected chi connectivity index (χ3v) is 5.28. The van der Waals surface area contributed by atoms with Crippen LogP contribution in [0.3, 0.4) is 0 Å². The quantitative estimate of drug-likeness (QED) is 0.358. The number of carbonyl (C=O) groups is 1. The van der Waals surface area contributed by atoms with E-state index < -0.39 is 0 Å². The van der Waals surface area contributed by atoms with Crippen LogP contribution in [0.2, 0.25) is 0 Å². The number of nitrogens with one attached hydrogen (secondary N) is 3. The van der Waals surface area contributed by atoms with E-state index in [2.05, 4.69) is 27.2 Å². The summed E-state index contributed by atoms with van der Waals surface area (Å²) in [5.74, 6) is 0.777. The number of thioether (sulfide) groups is 1. The lowest BCUT2D eigenvalue weighted by atomic mass is 10.1. The predicted molar refractivity (Wildman–Crippen MR) is 114 cm³/mol. The van der Waals surface area contributed by atoms with E-state index in [1.807, 2.05) is 36.0 Å². The molecule has 1 amide bonds. The van der Waals surface area contributed by atoms with Crippen LogP contribution in [0.15, 0.2) is 29.3 Å². The Morgan fingerprint density at radius 2 is 2.00 bits per heavy atom. The van der Waals surface area contributed by atoms with Crippen molar-refractivity contribution in [2.24, 2.45) is 4.99 Å². The number of hydrogen-bond acceptors (Lipinski definition) is 3. The number of guanidine groups is 1. The average molecular weight is 462 g/mol. The van der Waals surface area contributed by atoms with Gasteiger partial charge in [0.25, 0.3) is 5.91 Å². The molecule has 2 unspecified atom stereocenters. The van der Waals surface area contributed by atoms with E-state index in [-0.39, 0.29) is 29.9 Å². The topological polar surface area (TPSA) is 65.5 Å². The molecule has 0 bridgehead atoms. The van der Waals surface area contributed by atoms with Crippen molar-refractivity contribution in [3.8, 4) is 0 Å². The zero-order valence-corrected chi connectivity index (χ0v) is 17.6. The molecule has 0 spiro atoms. The Kier molecular flexibility index (Phi) is 9.50. The lowest BCUT2D eigenvalue weighted by Gasteiger charge is -2.17. The molecule has 2 atom stereocenters. The molecule has 1 aromatic rings. The molecule has 134 valence electrons. The van der Waals surface area contributed by atoms with Crippen LogP contribution in [0, 0.1) is 0 Å². The molecule has 7 heteroatoms. The second-order valence-corrected chi connectivity index (χ2v) is 6.85. The minimum atomic E-state index is -0.0634. The molecule has 2 rings (SSSR count). The second kappa shape index (κ2) is 10.8. The predicted octanol–water partition coefficient (Wildman–Crippen LogP) is 2.61. The van der Waals surface area contributed by atoms with E-state index in [9.17, 15) is 4.79 Å². The smallest absolute Gasteiger partial charge is 0.251 e. The van der Waals surface area contributed by atoms with Gasteiger partial charge in [-0.25, -0.2) is 0 Å². The Hall–Kier alpha value is -0.960. The molecule has 1 aliphatic carbocycles. The summed E-state index contributed by atoms with van der Waals surface area (Å²) in [4.78, 5) is 15.8. The monoisotopic (exact) mass is 462 g/mol. The van der Waals surface area contributed by atoms with Gasteiger partial charge in [0, 0.05) is 37.5 Å². The van der Waals surface area contributed by atoms with Gasteiger partial charge in [0.2, 0.25) is 0 Å². The largest absolute Gasteiger partial charge is 0.355 e. The second-order valence-electron chi connectivity index (χ2n) is 5.71. The van der Waals surface area contributed by atoms with Crippen LogP contribution < -0.4 is 16.0 Å². The summed E-state index contributed by atoms with van der Waals surface area (Å²) in [6.07, 6.45) is 5.86. The van der Waals surface area contributed by atoms with E-state index in [1.54, 1.807) is 14.1 Å². The lowest BCUT2D eigenvalue weighted by molar-refractivity contribution is 0.0963. The summed E-state index contributed by atoms with van der Waals surface area (Å²) in [5.41, 5.74) is 1.79. The minimum absolute atomic E-state index is 0. The molecule has 1 saturated carbocycles. The summed E-state index contributed by atoms with van der Waals surface area (Å²) >= 11 is 1.95. The van der Waals surface area contributed by atoms with Crippen LogP contribution in [0.25, 0.3) is 0 Å². The number of halogens is 1. The third kappa shape index (κ3) is 6.16. The van der Waals surface area contributed by atoms with E-state index in [0.29, 0.717) is 18.2 Å². The van der Waals surface area contributed by atoms with Gasteiger partial charge in [-0.05, 0) is 43.2 Å². The first kappa shape index (κ1) is 21.1. The fourth-order valence-electron chi connectivity index (χ4n) is 2.78. The molecular formula is C17H27IN4OS. The first-order valence-electron chi connectivity index (χ1n) is 7.97. The fraction of sp³-hybridized carbons (Fsp3) is 0.529. The summed E-state index contributed by atoms with van der Waals surface area (Å²) in [7, 11) is 3.43. The van der Waals surface area contributed by atoms with Gasteiger partial charge in [-0.3, -0.25) is 9.79 Å². The molecule has 5 nitrogen and oxygen atoms in total. The zero-order chi connectivity index (χ0) is 16.7. The maximum Gasteiger partial charge on any atom is 0.251 e. The van der Waals surface area contributed by atoms with Crippen LogP contribution >= 0.6 is 35.7 Å². The summed E-state index contributed by atoms with van der Waals surface area (Å²) in [6.45, 7) is 0.687. The molecule has 1 aliphatic rings. The summed E-state index contributed by atoms with van der Waals surface area (Å²) in [5, 5.41) is 10.2. The molecule has 0 saturated heterocycles. The van der Waals surface area contributed by atoms with Gasteiger partial charge in [-0.2, -0.15) is 11.8 Å². The van der Waals surface area contributed by atoms with Crippen LogP contribution in [0.4, 0.5) is 0 Å². The number of amides is 1. The Labute approximate surface area is 165 Å². The van der Waals surface area contributed by atoms with E-state index >= 15 is 0 Å². The molecule has 0 heterocycles. The highest BCUT2D eigenvalue weighted by molar-refractivity contribution is 14.0. The van der Waals surface area contributed by atoms with E-state index in [4.69, 9.17) is 0 Å². The van der Waals surface area contributed by atoms with Crippen molar-refractivity contribution < 1.29 is 4.79 Å². The van der Waals surface area contributed by atoms with E-state index in [0.717, 1.165) is 16.8 Å². The van der Waals surface area contributed by atoms with Crippen molar-refractivity contribution in [1.82, 2.24) is 16.0 Å². The highest BCUT2D eigenvalue weighted by Gasteiger charge is 2.24. The molecular weight excluding hydrogens is 435 g/mol. The van der Waals surface area contributed by atoms with E-state index in [1.165, 1.54) is 19.3 Å². The Bertz CT molecular complexity index is 550. The van der Waals surface area contributed by atoms with Crippen LogP contribution in [0.5, 0.6) is 0 Å². The van der Waals surface area contributed by atoms with Gasteiger partial charge >= 0.3 is 0 Å². The Balaban J connectivity index is 0.00000288. The van der Waals surface area contributed by atoms with Crippen molar-refractivity contribution in [1.29, 1.82) is 0 Å². The number of aliphatic imine (C=N–C) groups is 1. The number of nitrogens with zero attached hydrogens (tertiary/aromatic N) is 1. The molecule has 0 aromatic heterocycles. The standard InChI is InChI=1S/C17H26N4OS.HI/c1-18-16(22)13-6-4-12(5-7-13)11-20-17(19-2)21-14-8-9-15(10-14)23-3;/h4-7,14-15H,8-11H2,1-3H3,(H,18,22)(H2,19,20,21);1H. The number of benzene rings is 1. The molecule has 1 fully saturated rings. The van der Waals surface area contributed by atoms with Crippen molar-refractivity contribution >= 4 is 47.6 Å². The van der Waals surface area contributed by atoms with Gasteiger partial charge in [0.1, 0.15) is 0 Å². The van der Waals surface area contributed by atoms with Gasteiger partial charge in [-0.15, -0.1) is 24.0 Å². The summed E-state index contributed by atoms with van der Waals surface area (Å²) in [6, 6.07) is 8.11. The normalized spacial score (nSPS) is 20.2. The first-order chi connectivity index (χ1) is 11.2. The lowest BCUT2D eigenvalue weighted by Crippen LogP contribution is -2.42. The minimum Gasteiger partial charge on any atom is -0.355 e. The van der Waals surface area contributed by atoms with Crippen LogP contribution in [0.1, 0.15) is 35.2 Å². The van der Waals surface area contributed by atoms with Crippen LogP contribution in [-0.2, 0) is 6.54 Å². The Morgan fingerprint density at radius 3 is 2.54 bits per heavy atom. The number of carbonyl (C=O) groups excluding carboxylic acids is 1. The van der Waals surface area contributed by atoms with Crippen molar-refractivity contribution in [2.75, 3.05) is 20.4 Å². The first-order valence-corrected chi connectivity index (χ1v) is 9.26. The zero-order valence-electron chi connectivity index (χ0n) is 14.5. The molecule has 1 aromatic carbocycles. The molecule has 0 radical (unpaired) electrons. The summed E-state index contributed by atoms with van der Waals surface area (Å²) < 4.78 is 0. The maximum absolute atomic E-state index is 11.5. The highest BCUT2D eigenvalue weighted by atomic mass is 127. The SMILES string of the molecule is CN=C(NCc1ccc(C(=O)NC)cc1)NC1CCC(SC)C1.I.